The van der Waals surface area contributed by atoms with E-state index in [2.05, 4.69) is 25.6 Å². The monoisotopic (exact) mass is 365 g/mol. The normalized spacial score (nSPS) is 10.3. The third-order valence-corrected chi connectivity index (χ3v) is 3.74. The third-order valence-electron chi connectivity index (χ3n) is 3.74. The van der Waals surface area contributed by atoms with Gasteiger partial charge in [0, 0.05) is 18.0 Å². The number of hydrogen-bond donors (Lipinski definition) is 2. The van der Waals surface area contributed by atoms with Crippen LogP contribution in [0.4, 0.5) is 11.8 Å². The van der Waals surface area contributed by atoms with Crippen molar-refractivity contribution >= 4 is 11.8 Å². The van der Waals surface area contributed by atoms with Crippen LogP contribution in [0.15, 0.2) is 54.7 Å². The SMILES string of the molecule is COc1ccc(OCCNc2nc(C)cc(NCc3ccccn3)n2)cc1. The fourth-order valence-corrected chi connectivity index (χ4v) is 2.43. The zero-order valence-corrected chi connectivity index (χ0v) is 15.5. The van der Waals surface area contributed by atoms with E-state index in [0.717, 1.165) is 28.7 Å². The van der Waals surface area contributed by atoms with Gasteiger partial charge in [-0.25, -0.2) is 4.98 Å². The Balaban J connectivity index is 1.48. The van der Waals surface area contributed by atoms with Gasteiger partial charge < -0.3 is 20.1 Å². The molecule has 7 nitrogen and oxygen atoms in total. The van der Waals surface area contributed by atoms with Crippen LogP contribution in [0.1, 0.15) is 11.4 Å². The number of anilines is 2. The van der Waals surface area contributed by atoms with E-state index in [0.29, 0.717) is 25.6 Å². The summed E-state index contributed by atoms with van der Waals surface area (Å²) in [5, 5.41) is 6.46. The predicted molar refractivity (Wildman–Crippen MR) is 105 cm³/mol. The molecule has 0 radical (unpaired) electrons. The summed E-state index contributed by atoms with van der Waals surface area (Å²) in [5.41, 5.74) is 1.84. The van der Waals surface area contributed by atoms with Crippen molar-refractivity contribution in [3.05, 3.63) is 66.1 Å². The summed E-state index contributed by atoms with van der Waals surface area (Å²) in [6.45, 7) is 3.64. The fourth-order valence-electron chi connectivity index (χ4n) is 2.43. The Kier molecular flexibility index (Phi) is 6.40. The number of methoxy groups -OCH3 is 1. The molecule has 2 heterocycles. The topological polar surface area (TPSA) is 81.2 Å². The van der Waals surface area contributed by atoms with Gasteiger partial charge in [0.15, 0.2) is 0 Å². The molecule has 0 aliphatic heterocycles. The van der Waals surface area contributed by atoms with E-state index in [1.807, 2.05) is 55.5 Å². The highest BCUT2D eigenvalue weighted by Gasteiger charge is 2.03. The molecule has 0 aliphatic carbocycles. The number of benzene rings is 1. The minimum atomic E-state index is 0.500. The van der Waals surface area contributed by atoms with Crippen LogP contribution in [-0.2, 0) is 6.54 Å². The van der Waals surface area contributed by atoms with E-state index >= 15 is 0 Å². The zero-order chi connectivity index (χ0) is 18.9. The quantitative estimate of drug-likeness (QED) is 0.563. The van der Waals surface area contributed by atoms with Crippen molar-refractivity contribution in [2.75, 3.05) is 30.9 Å². The summed E-state index contributed by atoms with van der Waals surface area (Å²) < 4.78 is 10.8. The Morgan fingerprint density at radius 1 is 0.963 bits per heavy atom. The van der Waals surface area contributed by atoms with E-state index < -0.39 is 0 Å². The number of pyridine rings is 1. The minimum Gasteiger partial charge on any atom is -0.497 e. The van der Waals surface area contributed by atoms with Gasteiger partial charge >= 0.3 is 0 Å². The molecule has 1 aromatic carbocycles. The van der Waals surface area contributed by atoms with Crippen LogP contribution in [0.3, 0.4) is 0 Å². The maximum atomic E-state index is 5.70. The van der Waals surface area contributed by atoms with Gasteiger partial charge in [0.25, 0.3) is 0 Å². The first-order chi connectivity index (χ1) is 13.2. The fraction of sp³-hybridized carbons (Fsp3) is 0.250. The van der Waals surface area contributed by atoms with Gasteiger partial charge in [-0.3, -0.25) is 4.98 Å². The van der Waals surface area contributed by atoms with Gasteiger partial charge in [0.2, 0.25) is 5.95 Å². The molecular weight excluding hydrogens is 342 g/mol. The zero-order valence-electron chi connectivity index (χ0n) is 15.5. The number of rotatable bonds is 9. The Morgan fingerprint density at radius 2 is 1.78 bits per heavy atom. The molecular formula is C20H23N5O2. The molecule has 0 atom stereocenters. The third kappa shape index (κ3) is 5.85. The maximum absolute atomic E-state index is 5.70. The molecule has 140 valence electrons. The molecule has 0 aliphatic rings. The summed E-state index contributed by atoms with van der Waals surface area (Å²) in [7, 11) is 1.64. The number of aromatic nitrogens is 3. The molecule has 0 spiro atoms. The first-order valence-electron chi connectivity index (χ1n) is 8.73. The van der Waals surface area contributed by atoms with Gasteiger partial charge in [0.1, 0.15) is 23.9 Å². The molecule has 2 aromatic heterocycles. The minimum absolute atomic E-state index is 0.500. The van der Waals surface area contributed by atoms with Crippen LogP contribution in [0.25, 0.3) is 0 Å². The molecule has 0 bridgehead atoms. The Morgan fingerprint density at radius 3 is 2.52 bits per heavy atom. The molecule has 3 aromatic rings. The van der Waals surface area contributed by atoms with Crippen molar-refractivity contribution in [2.45, 2.75) is 13.5 Å². The number of aryl methyl sites for hydroxylation is 1. The summed E-state index contributed by atoms with van der Waals surface area (Å²) in [4.78, 5) is 13.2. The van der Waals surface area contributed by atoms with Crippen molar-refractivity contribution in [3.8, 4) is 11.5 Å². The van der Waals surface area contributed by atoms with Crippen molar-refractivity contribution in [2.24, 2.45) is 0 Å². The lowest BCUT2D eigenvalue weighted by Gasteiger charge is -2.11. The first-order valence-corrected chi connectivity index (χ1v) is 8.73. The molecule has 0 amide bonds. The highest BCUT2D eigenvalue weighted by molar-refractivity contribution is 5.42. The number of ether oxygens (including phenoxy) is 2. The van der Waals surface area contributed by atoms with Gasteiger partial charge in [-0.05, 0) is 43.3 Å². The average Bonchev–Trinajstić information content (AvgIpc) is 2.70. The van der Waals surface area contributed by atoms with Crippen molar-refractivity contribution in [3.63, 3.8) is 0 Å². The van der Waals surface area contributed by atoms with Crippen LogP contribution in [0, 0.1) is 6.92 Å². The predicted octanol–water partition coefficient (Wildman–Crippen LogP) is 3.29. The molecule has 27 heavy (non-hydrogen) atoms. The lowest BCUT2D eigenvalue weighted by Crippen LogP contribution is -2.14. The van der Waals surface area contributed by atoms with E-state index in [9.17, 15) is 0 Å². The second kappa shape index (κ2) is 9.38. The molecule has 7 heteroatoms. The first kappa shape index (κ1) is 18.4. The van der Waals surface area contributed by atoms with Gasteiger partial charge in [0.05, 0.1) is 25.9 Å². The van der Waals surface area contributed by atoms with E-state index in [1.54, 1.807) is 13.3 Å². The van der Waals surface area contributed by atoms with Crippen LogP contribution in [-0.4, -0.2) is 35.2 Å². The average molecular weight is 365 g/mol. The summed E-state index contributed by atoms with van der Waals surface area (Å²) in [6.07, 6.45) is 1.78. The van der Waals surface area contributed by atoms with E-state index in [4.69, 9.17) is 9.47 Å². The van der Waals surface area contributed by atoms with Crippen LogP contribution >= 0.6 is 0 Å². The second-order valence-corrected chi connectivity index (χ2v) is 5.84. The highest BCUT2D eigenvalue weighted by atomic mass is 16.5. The smallest absolute Gasteiger partial charge is 0.224 e. The summed E-state index contributed by atoms with van der Waals surface area (Å²) in [5.74, 6) is 2.92. The second-order valence-electron chi connectivity index (χ2n) is 5.84. The van der Waals surface area contributed by atoms with Crippen LogP contribution < -0.4 is 20.1 Å². The Hall–Kier alpha value is -3.35. The van der Waals surface area contributed by atoms with Crippen molar-refractivity contribution in [1.29, 1.82) is 0 Å². The summed E-state index contributed by atoms with van der Waals surface area (Å²) in [6, 6.07) is 15.2. The number of nitrogens with one attached hydrogen (secondary N) is 2. The molecule has 0 unspecified atom stereocenters. The largest absolute Gasteiger partial charge is 0.497 e. The molecule has 3 rings (SSSR count). The lowest BCUT2D eigenvalue weighted by molar-refractivity contribution is 0.331. The number of hydrogen-bond acceptors (Lipinski definition) is 7. The maximum Gasteiger partial charge on any atom is 0.224 e. The van der Waals surface area contributed by atoms with Gasteiger partial charge in [-0.15, -0.1) is 0 Å². The van der Waals surface area contributed by atoms with Gasteiger partial charge in [-0.1, -0.05) is 6.07 Å². The van der Waals surface area contributed by atoms with Gasteiger partial charge in [-0.2, -0.15) is 4.98 Å². The molecule has 2 N–H and O–H groups in total. The van der Waals surface area contributed by atoms with Crippen molar-refractivity contribution < 1.29 is 9.47 Å². The molecule has 0 saturated heterocycles. The Labute approximate surface area is 158 Å². The Bertz CT molecular complexity index is 841. The molecule has 0 fully saturated rings. The van der Waals surface area contributed by atoms with Crippen LogP contribution in [0.5, 0.6) is 11.5 Å². The van der Waals surface area contributed by atoms with Crippen LogP contribution in [0.2, 0.25) is 0 Å². The van der Waals surface area contributed by atoms with E-state index in [1.165, 1.54) is 0 Å². The standard InChI is InChI=1S/C20H23N5O2/c1-15-13-19(23-14-16-5-3-4-10-21-16)25-20(24-15)22-11-12-27-18-8-6-17(26-2)7-9-18/h3-10,13H,11-12,14H2,1-2H3,(H2,22,23,24,25). The lowest BCUT2D eigenvalue weighted by atomic mass is 10.3. The molecule has 0 saturated carbocycles. The number of nitrogens with zero attached hydrogens (tertiary/aromatic N) is 3. The van der Waals surface area contributed by atoms with E-state index in [-0.39, 0.29) is 0 Å². The summed E-state index contributed by atoms with van der Waals surface area (Å²) >= 11 is 0. The highest BCUT2D eigenvalue weighted by Crippen LogP contribution is 2.17. The van der Waals surface area contributed by atoms with Crippen molar-refractivity contribution in [1.82, 2.24) is 15.0 Å².